The van der Waals surface area contributed by atoms with E-state index in [1.165, 1.54) is 30.9 Å². The van der Waals surface area contributed by atoms with E-state index in [-0.39, 0.29) is 57.2 Å². The van der Waals surface area contributed by atoms with E-state index in [0.717, 1.165) is 11.3 Å². The zero-order valence-electron chi connectivity index (χ0n) is 23.8. The lowest BCUT2D eigenvalue weighted by Gasteiger charge is -2.27. The van der Waals surface area contributed by atoms with Gasteiger partial charge in [0.05, 0.1) is 16.7 Å². The largest absolute Gasteiger partial charge is 0.535 e. The second-order valence-corrected chi connectivity index (χ2v) is 11.5. The molecule has 0 bridgehead atoms. The molecule has 2 atom stereocenters. The number of Topliss-reactive ketones (excluding diaryl/α,β-unsaturated/α-hetero) is 2. The van der Waals surface area contributed by atoms with Crippen LogP contribution in [0.5, 0.6) is 11.5 Å². The molecule has 4 aromatic rings. The van der Waals surface area contributed by atoms with Crippen molar-refractivity contribution in [3.63, 3.8) is 0 Å². The summed E-state index contributed by atoms with van der Waals surface area (Å²) in [5.74, 6) is -3.38. The van der Waals surface area contributed by atoms with Crippen LogP contribution < -0.4 is 15.0 Å². The van der Waals surface area contributed by atoms with Crippen molar-refractivity contribution in [2.24, 2.45) is 0 Å². The summed E-state index contributed by atoms with van der Waals surface area (Å²) in [7, 11) is -2.51. The Kier molecular flexibility index (Phi) is 9.69. The van der Waals surface area contributed by atoms with Gasteiger partial charge >= 0.3 is 26.2 Å². The molecule has 15 nitrogen and oxygen atoms in total. The first kappa shape index (κ1) is 32.2. The van der Waals surface area contributed by atoms with Gasteiger partial charge in [-0.05, 0) is 36.1 Å². The molecular formula is C28H25B2N5O10S. The Labute approximate surface area is 265 Å². The van der Waals surface area contributed by atoms with Crippen LogP contribution in [-0.2, 0) is 12.8 Å². The molecule has 0 aliphatic carbocycles. The molecule has 6 N–H and O–H groups in total. The number of carboxylic acid groups (broad SMARTS) is 2. The molecule has 0 amide bonds. The molecule has 4 heterocycles. The molecule has 46 heavy (non-hydrogen) atoms. The highest BCUT2D eigenvalue weighted by Crippen LogP contribution is 2.38. The monoisotopic (exact) mass is 645 g/mol. The van der Waals surface area contributed by atoms with E-state index in [1.54, 1.807) is 24.3 Å². The topological polar surface area (TPSA) is 245 Å². The lowest BCUT2D eigenvalue weighted by Crippen LogP contribution is -2.35. The lowest BCUT2D eigenvalue weighted by molar-refractivity contribution is 0.0682. The van der Waals surface area contributed by atoms with Gasteiger partial charge in [0.25, 0.3) is 0 Å². The van der Waals surface area contributed by atoms with Crippen LogP contribution in [0, 0.1) is 0 Å². The minimum Gasteiger partial charge on any atom is -0.535 e. The summed E-state index contributed by atoms with van der Waals surface area (Å²) in [4.78, 5) is 54.3. The lowest BCUT2D eigenvalue weighted by atomic mass is 9.64. The van der Waals surface area contributed by atoms with E-state index in [4.69, 9.17) is 25.3 Å². The number of fused-ring (bicyclic) bond motifs is 2. The second kappa shape index (κ2) is 13.8. The summed E-state index contributed by atoms with van der Waals surface area (Å²) < 4.78 is 10.7. The normalized spacial score (nSPS) is 16.5. The molecule has 0 radical (unpaired) electrons. The summed E-state index contributed by atoms with van der Waals surface area (Å²) in [6.45, 7) is 0. The molecule has 234 valence electrons. The van der Waals surface area contributed by atoms with Crippen molar-refractivity contribution in [2.45, 2.75) is 37.3 Å². The number of nitrogen functional groups attached to an aromatic ring is 1. The number of ketones is 2. The molecule has 2 aliphatic heterocycles. The average Bonchev–Trinajstić information content (AvgIpc) is 3.48. The van der Waals surface area contributed by atoms with Crippen molar-refractivity contribution < 1.29 is 48.7 Å². The van der Waals surface area contributed by atoms with Gasteiger partial charge in [-0.1, -0.05) is 35.6 Å². The van der Waals surface area contributed by atoms with Crippen molar-refractivity contribution in [1.29, 1.82) is 0 Å². The Hall–Kier alpha value is -5.19. The first-order chi connectivity index (χ1) is 22.0. The van der Waals surface area contributed by atoms with Gasteiger partial charge < -0.3 is 35.3 Å². The van der Waals surface area contributed by atoms with Gasteiger partial charge in [-0.3, -0.25) is 9.59 Å². The number of rotatable bonds is 8. The van der Waals surface area contributed by atoms with E-state index in [1.807, 2.05) is 0 Å². The number of hydrogen-bond acceptors (Lipinski definition) is 14. The number of para-hydroxylation sites is 2. The standard InChI is InChI=1S/C15H13BN2O5.C13H12BN3O5S/c19-13(10-6-17-8-18-7-10)5-11-4-9-2-1-3-12(15(20)21)14(9)23-16(11)22;15-13-17-16-11(23-13)9(18)5-7-4-6-2-1-3-8(12(19)20)10(6)22-14(7)21/h1-3,6-8,11,22H,4-5H2,(H,20,21);1-3,7,21H,4-5H2,(H2,15,17)(H,19,20)/t11-;7-/m11/s1. The van der Waals surface area contributed by atoms with Crippen molar-refractivity contribution >= 4 is 54.2 Å². The molecule has 0 spiro atoms. The summed E-state index contributed by atoms with van der Waals surface area (Å²) in [6.07, 6.45) is 4.93. The second-order valence-electron chi connectivity index (χ2n) is 10.5. The number of nitrogens with two attached hydrogens (primary N) is 1. The van der Waals surface area contributed by atoms with Crippen LogP contribution in [0.4, 0.5) is 5.13 Å². The predicted octanol–water partition coefficient (Wildman–Crippen LogP) is 2.11. The molecule has 0 saturated heterocycles. The Morgan fingerprint density at radius 1 is 0.804 bits per heavy atom. The molecule has 2 aromatic carbocycles. The SMILES string of the molecule is Nc1nnc(C(=O)C[C@H]2Cc3cccc(C(=O)O)c3OB2O)s1.O=C(C[C@H]1Cc2cccc(C(=O)O)c2OB1O)c1cncnc1. The number of benzene rings is 2. The van der Waals surface area contributed by atoms with Crippen molar-refractivity contribution in [3.05, 3.63) is 87.9 Å². The number of aromatic nitrogens is 4. The van der Waals surface area contributed by atoms with E-state index < -0.39 is 37.8 Å². The minimum absolute atomic E-state index is 0.00258. The number of carboxylic acids is 2. The van der Waals surface area contributed by atoms with Gasteiger partial charge in [-0.15, -0.1) is 10.2 Å². The summed E-state index contributed by atoms with van der Waals surface area (Å²) in [5, 5.41) is 46.2. The maximum Gasteiger partial charge on any atom is 0.526 e. The van der Waals surface area contributed by atoms with Crippen LogP contribution in [0.2, 0.25) is 11.6 Å². The first-order valence-corrected chi connectivity index (χ1v) is 14.6. The minimum atomic E-state index is -1.27. The Bertz CT molecular complexity index is 1790. The van der Waals surface area contributed by atoms with E-state index >= 15 is 0 Å². The van der Waals surface area contributed by atoms with Gasteiger partial charge in [0, 0.05) is 36.9 Å². The highest BCUT2D eigenvalue weighted by molar-refractivity contribution is 7.16. The number of aromatic carboxylic acids is 2. The maximum atomic E-state index is 12.2. The third kappa shape index (κ3) is 7.20. The number of carbonyl (C=O) groups excluding carboxylic acids is 2. The van der Waals surface area contributed by atoms with E-state index in [0.29, 0.717) is 29.5 Å². The third-order valence-electron chi connectivity index (χ3n) is 7.36. The smallest absolute Gasteiger partial charge is 0.526 e. The van der Waals surface area contributed by atoms with Crippen LogP contribution >= 0.6 is 11.3 Å². The van der Waals surface area contributed by atoms with Gasteiger partial charge in [0.15, 0.2) is 16.6 Å². The quantitative estimate of drug-likeness (QED) is 0.136. The molecule has 2 aliphatic rings. The fraction of sp³-hybridized carbons (Fsp3) is 0.214. The van der Waals surface area contributed by atoms with E-state index in [2.05, 4.69) is 20.2 Å². The predicted molar refractivity (Wildman–Crippen MR) is 163 cm³/mol. The fourth-order valence-corrected chi connectivity index (χ4v) is 5.68. The van der Waals surface area contributed by atoms with Crippen LogP contribution in [0.25, 0.3) is 0 Å². The summed E-state index contributed by atoms with van der Waals surface area (Å²) >= 11 is 0.983. The molecule has 6 rings (SSSR count). The van der Waals surface area contributed by atoms with Gasteiger partial charge in [0.1, 0.15) is 17.8 Å². The Morgan fingerprint density at radius 3 is 1.76 bits per heavy atom. The Balaban J connectivity index is 0.000000181. The van der Waals surface area contributed by atoms with Gasteiger partial charge in [-0.2, -0.15) is 0 Å². The van der Waals surface area contributed by atoms with Gasteiger partial charge in [-0.25, -0.2) is 19.6 Å². The summed E-state index contributed by atoms with van der Waals surface area (Å²) in [5.41, 5.74) is 7.11. The average molecular weight is 645 g/mol. The highest BCUT2D eigenvalue weighted by Gasteiger charge is 2.39. The van der Waals surface area contributed by atoms with Crippen molar-refractivity contribution in [3.8, 4) is 11.5 Å². The molecular weight excluding hydrogens is 620 g/mol. The molecule has 0 fully saturated rings. The molecule has 18 heteroatoms. The van der Waals surface area contributed by atoms with Crippen molar-refractivity contribution in [2.75, 3.05) is 5.73 Å². The van der Waals surface area contributed by atoms with Crippen LogP contribution in [0.15, 0.2) is 55.1 Å². The highest BCUT2D eigenvalue weighted by atomic mass is 32.1. The number of hydrogen-bond donors (Lipinski definition) is 5. The van der Waals surface area contributed by atoms with Crippen LogP contribution in [-0.4, -0.2) is 78.2 Å². The number of nitrogens with zero attached hydrogens (tertiary/aromatic N) is 4. The maximum absolute atomic E-state index is 12.2. The van der Waals surface area contributed by atoms with E-state index in [9.17, 15) is 29.2 Å². The van der Waals surface area contributed by atoms with Crippen LogP contribution in [0.3, 0.4) is 0 Å². The number of carbonyl (C=O) groups is 4. The molecule has 0 saturated carbocycles. The third-order valence-corrected chi connectivity index (χ3v) is 8.15. The number of anilines is 1. The fourth-order valence-electron chi connectivity index (χ4n) is 5.12. The summed E-state index contributed by atoms with van der Waals surface area (Å²) in [6, 6.07) is 9.50. The zero-order valence-corrected chi connectivity index (χ0v) is 24.7. The first-order valence-electron chi connectivity index (χ1n) is 13.8. The molecule has 0 unspecified atom stereocenters. The Morgan fingerprint density at radius 2 is 1.30 bits per heavy atom. The van der Waals surface area contributed by atoms with Crippen LogP contribution in [0.1, 0.15) is 64.8 Å². The molecule has 2 aromatic heterocycles. The van der Waals surface area contributed by atoms with Gasteiger partial charge in [0.2, 0.25) is 5.13 Å². The zero-order chi connectivity index (χ0) is 33.0. The van der Waals surface area contributed by atoms with Crippen molar-refractivity contribution in [1.82, 2.24) is 20.2 Å².